The first kappa shape index (κ1) is 13.5. The Morgan fingerprint density at radius 2 is 2.16 bits per heavy atom. The lowest BCUT2D eigenvalue weighted by Crippen LogP contribution is -2.48. The van der Waals surface area contributed by atoms with Gasteiger partial charge in [0.15, 0.2) is 0 Å². The number of aryl methyl sites for hydroxylation is 1. The summed E-state index contributed by atoms with van der Waals surface area (Å²) in [5, 5.41) is 3.42. The summed E-state index contributed by atoms with van der Waals surface area (Å²) in [4.78, 5) is 11.7. The Balaban J connectivity index is 2.22. The monoisotopic (exact) mass is 264 g/mol. The van der Waals surface area contributed by atoms with E-state index in [4.69, 9.17) is 10.2 Å². The molecule has 5 heteroatoms. The number of nitrogens with two attached hydrogens (primary N) is 1. The van der Waals surface area contributed by atoms with Crippen molar-refractivity contribution in [3.05, 3.63) is 35.3 Å². The van der Waals surface area contributed by atoms with Crippen molar-refractivity contribution in [3.63, 3.8) is 0 Å². The molecule has 0 spiro atoms. The van der Waals surface area contributed by atoms with Crippen molar-refractivity contribution in [3.8, 4) is 0 Å². The highest BCUT2D eigenvalue weighted by atomic mass is 19.1. The number of amides is 1. The molecule has 0 radical (unpaired) electrons. The number of fused-ring (bicyclic) bond motifs is 1. The third-order valence-electron chi connectivity index (χ3n) is 2.99. The molecule has 0 unspecified atom stereocenters. The molecule has 1 aromatic carbocycles. The molecule has 4 nitrogen and oxygen atoms in total. The molecule has 0 aliphatic rings. The molecule has 0 bridgehead atoms. The number of carbonyl (C=O) groups is 1. The van der Waals surface area contributed by atoms with Crippen molar-refractivity contribution in [1.29, 1.82) is 0 Å². The van der Waals surface area contributed by atoms with E-state index < -0.39 is 5.54 Å². The predicted octanol–water partition coefficient (Wildman–Crippen LogP) is 2.23. The lowest BCUT2D eigenvalue weighted by molar-refractivity contribution is -0.125. The van der Waals surface area contributed by atoms with E-state index in [1.54, 1.807) is 19.9 Å². The minimum atomic E-state index is -0.938. The van der Waals surface area contributed by atoms with Crippen LogP contribution in [0.4, 0.5) is 4.39 Å². The summed E-state index contributed by atoms with van der Waals surface area (Å²) in [5.41, 5.74) is 6.18. The number of nitrogens with one attached hydrogen (secondary N) is 1. The second kappa shape index (κ2) is 4.66. The van der Waals surface area contributed by atoms with Gasteiger partial charge >= 0.3 is 0 Å². The lowest BCUT2D eigenvalue weighted by atomic mass is 10.1. The predicted molar refractivity (Wildman–Crippen MR) is 71.0 cm³/mol. The summed E-state index contributed by atoms with van der Waals surface area (Å²) in [6.45, 7) is 5.33. The molecule has 2 rings (SSSR count). The van der Waals surface area contributed by atoms with E-state index in [0.29, 0.717) is 11.3 Å². The zero-order chi connectivity index (χ0) is 14.2. The highest BCUT2D eigenvalue weighted by Gasteiger charge is 2.22. The maximum Gasteiger partial charge on any atom is 0.239 e. The molecular weight excluding hydrogens is 247 g/mol. The van der Waals surface area contributed by atoms with Gasteiger partial charge in [-0.05, 0) is 39.0 Å². The van der Waals surface area contributed by atoms with Gasteiger partial charge in [-0.25, -0.2) is 4.39 Å². The Morgan fingerprint density at radius 1 is 1.47 bits per heavy atom. The largest absolute Gasteiger partial charge is 0.459 e. The number of carbonyl (C=O) groups excluding carboxylic acids is 1. The second-order valence-corrected chi connectivity index (χ2v) is 5.20. The number of hydrogen-bond donors (Lipinski definition) is 2. The Hall–Kier alpha value is -1.88. The average Bonchev–Trinajstić information content (AvgIpc) is 2.62. The summed E-state index contributed by atoms with van der Waals surface area (Å²) < 4.78 is 18.8. The van der Waals surface area contributed by atoms with E-state index >= 15 is 0 Å². The smallest absolute Gasteiger partial charge is 0.239 e. The van der Waals surface area contributed by atoms with Crippen molar-refractivity contribution in [1.82, 2.24) is 5.32 Å². The number of hydrogen-bond acceptors (Lipinski definition) is 3. The van der Waals surface area contributed by atoms with Gasteiger partial charge < -0.3 is 15.5 Å². The van der Waals surface area contributed by atoms with Crippen molar-refractivity contribution in [2.24, 2.45) is 5.73 Å². The molecule has 0 aliphatic heterocycles. The lowest BCUT2D eigenvalue weighted by Gasteiger charge is -2.17. The fraction of sp³-hybridized carbons (Fsp3) is 0.357. The van der Waals surface area contributed by atoms with Crippen LogP contribution in [0.3, 0.4) is 0 Å². The second-order valence-electron chi connectivity index (χ2n) is 5.20. The normalized spacial score (nSPS) is 11.8. The third-order valence-corrected chi connectivity index (χ3v) is 2.99. The van der Waals surface area contributed by atoms with E-state index in [0.717, 1.165) is 10.9 Å². The van der Waals surface area contributed by atoms with Crippen LogP contribution in [-0.4, -0.2) is 11.4 Å². The van der Waals surface area contributed by atoms with Crippen molar-refractivity contribution in [2.45, 2.75) is 32.9 Å². The van der Waals surface area contributed by atoms with Crippen LogP contribution in [0.1, 0.15) is 25.2 Å². The van der Waals surface area contributed by atoms with Gasteiger partial charge in [-0.2, -0.15) is 0 Å². The van der Waals surface area contributed by atoms with Crippen LogP contribution in [0, 0.1) is 12.7 Å². The number of halogens is 1. The van der Waals surface area contributed by atoms with Crippen LogP contribution in [-0.2, 0) is 11.3 Å². The molecule has 1 amide bonds. The number of rotatable bonds is 3. The van der Waals surface area contributed by atoms with Crippen molar-refractivity contribution in [2.75, 3.05) is 0 Å². The Kier molecular flexibility index (Phi) is 3.32. The van der Waals surface area contributed by atoms with Gasteiger partial charge in [0, 0.05) is 10.9 Å². The van der Waals surface area contributed by atoms with Crippen LogP contribution < -0.4 is 11.1 Å². The Labute approximate surface area is 110 Å². The van der Waals surface area contributed by atoms with E-state index in [2.05, 4.69) is 5.32 Å². The fourth-order valence-electron chi connectivity index (χ4n) is 1.80. The summed E-state index contributed by atoms with van der Waals surface area (Å²) in [7, 11) is 0. The molecule has 0 saturated heterocycles. The highest BCUT2D eigenvalue weighted by molar-refractivity contribution is 5.85. The molecule has 0 fully saturated rings. The average molecular weight is 264 g/mol. The molecule has 0 saturated carbocycles. The van der Waals surface area contributed by atoms with Crippen molar-refractivity contribution >= 4 is 16.9 Å². The Bertz CT molecular complexity index is 626. The van der Waals surface area contributed by atoms with Gasteiger partial charge in [0.1, 0.15) is 17.2 Å². The fourth-order valence-corrected chi connectivity index (χ4v) is 1.80. The van der Waals surface area contributed by atoms with Gasteiger partial charge in [-0.1, -0.05) is 0 Å². The quantitative estimate of drug-likeness (QED) is 0.893. The van der Waals surface area contributed by atoms with Crippen LogP contribution in [0.15, 0.2) is 22.6 Å². The highest BCUT2D eigenvalue weighted by Crippen LogP contribution is 2.25. The molecule has 3 N–H and O–H groups in total. The topological polar surface area (TPSA) is 68.3 Å². The first-order valence-corrected chi connectivity index (χ1v) is 6.04. The van der Waals surface area contributed by atoms with Gasteiger partial charge in [0.25, 0.3) is 0 Å². The zero-order valence-electron chi connectivity index (χ0n) is 11.2. The van der Waals surface area contributed by atoms with Crippen LogP contribution in [0.5, 0.6) is 0 Å². The summed E-state index contributed by atoms with van der Waals surface area (Å²) in [6, 6.07) is 4.35. The van der Waals surface area contributed by atoms with Gasteiger partial charge in [-0.15, -0.1) is 0 Å². The maximum atomic E-state index is 13.2. The third kappa shape index (κ3) is 2.76. The first-order chi connectivity index (χ1) is 8.79. The van der Waals surface area contributed by atoms with E-state index in [-0.39, 0.29) is 18.3 Å². The van der Waals surface area contributed by atoms with Crippen LogP contribution in [0.25, 0.3) is 11.0 Å². The van der Waals surface area contributed by atoms with E-state index in [9.17, 15) is 9.18 Å². The summed E-state index contributed by atoms with van der Waals surface area (Å²) >= 11 is 0. The van der Waals surface area contributed by atoms with Crippen LogP contribution >= 0.6 is 0 Å². The molecule has 2 aromatic rings. The molecule has 102 valence electrons. The SMILES string of the molecule is Cc1c(CNC(=O)C(C)(C)N)oc2ccc(F)cc12. The van der Waals surface area contributed by atoms with Crippen molar-refractivity contribution < 1.29 is 13.6 Å². The zero-order valence-corrected chi connectivity index (χ0v) is 11.2. The summed E-state index contributed by atoms with van der Waals surface area (Å²) in [6.07, 6.45) is 0. The molecule has 1 aromatic heterocycles. The summed E-state index contributed by atoms with van der Waals surface area (Å²) in [5.74, 6) is 0.0341. The molecule has 0 aliphatic carbocycles. The standard InChI is InChI=1S/C14H17FN2O2/c1-8-10-6-9(15)4-5-11(10)19-12(8)7-17-13(18)14(2,3)16/h4-6H,7,16H2,1-3H3,(H,17,18). The van der Waals surface area contributed by atoms with E-state index in [1.807, 2.05) is 6.92 Å². The molecular formula is C14H17FN2O2. The maximum absolute atomic E-state index is 13.2. The number of furan rings is 1. The number of benzene rings is 1. The Morgan fingerprint density at radius 3 is 2.79 bits per heavy atom. The molecule has 19 heavy (non-hydrogen) atoms. The van der Waals surface area contributed by atoms with Gasteiger partial charge in [-0.3, -0.25) is 4.79 Å². The van der Waals surface area contributed by atoms with Gasteiger partial charge in [0.05, 0.1) is 12.1 Å². The minimum absolute atomic E-state index is 0.238. The van der Waals surface area contributed by atoms with Crippen LogP contribution in [0.2, 0.25) is 0 Å². The van der Waals surface area contributed by atoms with Gasteiger partial charge in [0.2, 0.25) is 5.91 Å². The first-order valence-electron chi connectivity index (χ1n) is 6.04. The molecule has 1 heterocycles. The van der Waals surface area contributed by atoms with E-state index in [1.165, 1.54) is 12.1 Å². The minimum Gasteiger partial charge on any atom is -0.459 e. The molecule has 0 atom stereocenters.